The minimum Gasteiger partial charge on any atom is -0.465 e. The van der Waals surface area contributed by atoms with E-state index < -0.39 is 11.2 Å². The standard InChI is InChI=1S/C24H19NO5S/c1-29-24(28)19-9-5-6-10-20(19)31-21-15-22(26)25(23(21)27)16-11-13-18(14-12-16)30-17-7-3-2-4-8-17/h2-14,21H,15H2,1H3. The summed E-state index contributed by atoms with van der Waals surface area (Å²) in [6.07, 6.45) is 0.0568. The number of hydrogen-bond acceptors (Lipinski definition) is 6. The first-order chi connectivity index (χ1) is 15.1. The van der Waals surface area contributed by atoms with Gasteiger partial charge in [0.2, 0.25) is 11.8 Å². The van der Waals surface area contributed by atoms with E-state index in [0.29, 0.717) is 27.6 Å². The maximum absolute atomic E-state index is 13.0. The second-order valence-electron chi connectivity index (χ2n) is 6.77. The highest BCUT2D eigenvalue weighted by Gasteiger charge is 2.40. The van der Waals surface area contributed by atoms with Gasteiger partial charge in [0.25, 0.3) is 0 Å². The van der Waals surface area contributed by atoms with Crippen molar-refractivity contribution in [1.82, 2.24) is 0 Å². The van der Waals surface area contributed by atoms with Crippen LogP contribution in [0.1, 0.15) is 16.8 Å². The molecule has 3 aromatic carbocycles. The fourth-order valence-corrected chi connectivity index (χ4v) is 4.43. The van der Waals surface area contributed by atoms with Gasteiger partial charge in [-0.1, -0.05) is 30.3 Å². The summed E-state index contributed by atoms with van der Waals surface area (Å²) < 4.78 is 10.6. The van der Waals surface area contributed by atoms with E-state index >= 15 is 0 Å². The molecule has 3 aromatic rings. The van der Waals surface area contributed by atoms with Gasteiger partial charge in [0.1, 0.15) is 11.5 Å². The van der Waals surface area contributed by atoms with Crippen LogP contribution in [0.25, 0.3) is 0 Å². The lowest BCUT2D eigenvalue weighted by Gasteiger charge is -2.16. The van der Waals surface area contributed by atoms with Gasteiger partial charge < -0.3 is 9.47 Å². The molecule has 0 aliphatic carbocycles. The predicted octanol–water partition coefficient (Wildman–Crippen LogP) is 4.69. The Balaban J connectivity index is 1.49. The molecule has 2 amide bonds. The van der Waals surface area contributed by atoms with E-state index in [4.69, 9.17) is 9.47 Å². The van der Waals surface area contributed by atoms with Crippen molar-refractivity contribution in [3.8, 4) is 11.5 Å². The molecule has 0 radical (unpaired) electrons. The fourth-order valence-electron chi connectivity index (χ4n) is 3.26. The van der Waals surface area contributed by atoms with Crippen LogP contribution in [0.4, 0.5) is 5.69 Å². The smallest absolute Gasteiger partial charge is 0.338 e. The summed E-state index contributed by atoms with van der Waals surface area (Å²) in [7, 11) is 1.31. The number of benzene rings is 3. The number of thioether (sulfide) groups is 1. The Morgan fingerprint density at radius 3 is 2.26 bits per heavy atom. The number of esters is 1. The van der Waals surface area contributed by atoms with Crippen LogP contribution in [-0.4, -0.2) is 30.1 Å². The zero-order chi connectivity index (χ0) is 21.8. The predicted molar refractivity (Wildman–Crippen MR) is 117 cm³/mol. The summed E-state index contributed by atoms with van der Waals surface area (Å²) in [5.41, 5.74) is 0.857. The number of nitrogens with zero attached hydrogens (tertiary/aromatic N) is 1. The van der Waals surface area contributed by atoms with Crippen molar-refractivity contribution >= 4 is 35.2 Å². The molecule has 0 saturated carbocycles. The molecule has 156 valence electrons. The molecule has 4 rings (SSSR count). The van der Waals surface area contributed by atoms with Crippen molar-refractivity contribution in [1.29, 1.82) is 0 Å². The number of para-hydroxylation sites is 1. The zero-order valence-electron chi connectivity index (χ0n) is 16.7. The third kappa shape index (κ3) is 4.46. The zero-order valence-corrected chi connectivity index (χ0v) is 17.5. The van der Waals surface area contributed by atoms with Crippen molar-refractivity contribution in [2.45, 2.75) is 16.6 Å². The summed E-state index contributed by atoms with van der Waals surface area (Å²) in [5.74, 6) is 0.225. The average Bonchev–Trinajstić information content (AvgIpc) is 3.07. The van der Waals surface area contributed by atoms with Crippen molar-refractivity contribution in [3.63, 3.8) is 0 Å². The number of ether oxygens (including phenoxy) is 2. The Labute approximate surface area is 183 Å². The second kappa shape index (κ2) is 9.06. The molecule has 1 unspecified atom stereocenters. The summed E-state index contributed by atoms with van der Waals surface area (Å²) >= 11 is 1.20. The Kier molecular flexibility index (Phi) is 6.04. The molecular formula is C24H19NO5S. The number of anilines is 1. The summed E-state index contributed by atoms with van der Waals surface area (Å²) in [5, 5.41) is -0.612. The molecule has 1 fully saturated rings. The molecule has 1 atom stereocenters. The van der Waals surface area contributed by atoms with Crippen LogP contribution in [0, 0.1) is 0 Å². The number of amides is 2. The van der Waals surface area contributed by atoms with Crippen LogP contribution in [-0.2, 0) is 14.3 Å². The van der Waals surface area contributed by atoms with Crippen LogP contribution < -0.4 is 9.64 Å². The van der Waals surface area contributed by atoms with E-state index in [-0.39, 0.29) is 18.2 Å². The molecular weight excluding hydrogens is 414 g/mol. The first-order valence-corrected chi connectivity index (χ1v) is 10.5. The van der Waals surface area contributed by atoms with Crippen molar-refractivity contribution in [2.24, 2.45) is 0 Å². The Morgan fingerprint density at radius 1 is 0.903 bits per heavy atom. The number of imide groups is 1. The minimum absolute atomic E-state index is 0.0568. The summed E-state index contributed by atoms with van der Waals surface area (Å²) in [6, 6.07) is 23.0. The topological polar surface area (TPSA) is 72.9 Å². The monoisotopic (exact) mass is 433 g/mol. The highest BCUT2D eigenvalue weighted by atomic mass is 32.2. The quantitative estimate of drug-likeness (QED) is 0.415. The fraction of sp³-hybridized carbons (Fsp3) is 0.125. The van der Waals surface area contributed by atoms with Crippen LogP contribution >= 0.6 is 11.8 Å². The summed E-state index contributed by atoms with van der Waals surface area (Å²) in [4.78, 5) is 39.4. The highest BCUT2D eigenvalue weighted by molar-refractivity contribution is 8.00. The van der Waals surface area contributed by atoms with Crippen LogP contribution in [0.2, 0.25) is 0 Å². The molecule has 1 aliphatic heterocycles. The van der Waals surface area contributed by atoms with Crippen molar-refractivity contribution in [2.75, 3.05) is 12.0 Å². The van der Waals surface area contributed by atoms with Crippen LogP contribution in [0.15, 0.2) is 83.8 Å². The van der Waals surface area contributed by atoms with Gasteiger partial charge in [0, 0.05) is 11.3 Å². The normalized spacial score (nSPS) is 15.8. The number of rotatable bonds is 6. The van der Waals surface area contributed by atoms with Crippen molar-refractivity contribution in [3.05, 3.63) is 84.4 Å². The van der Waals surface area contributed by atoms with Gasteiger partial charge in [-0.2, -0.15) is 0 Å². The van der Waals surface area contributed by atoms with E-state index in [1.54, 1.807) is 48.5 Å². The van der Waals surface area contributed by atoms with E-state index in [9.17, 15) is 14.4 Å². The van der Waals surface area contributed by atoms with Gasteiger partial charge in [-0.3, -0.25) is 9.59 Å². The van der Waals surface area contributed by atoms with Gasteiger partial charge in [0.05, 0.1) is 23.6 Å². The summed E-state index contributed by atoms with van der Waals surface area (Å²) in [6.45, 7) is 0. The number of carbonyl (C=O) groups is 3. The lowest BCUT2D eigenvalue weighted by molar-refractivity contribution is -0.121. The number of methoxy groups -OCH3 is 1. The lowest BCUT2D eigenvalue weighted by atomic mass is 10.2. The van der Waals surface area contributed by atoms with Gasteiger partial charge in [-0.15, -0.1) is 11.8 Å². The van der Waals surface area contributed by atoms with E-state index in [2.05, 4.69) is 0 Å². The maximum Gasteiger partial charge on any atom is 0.338 e. The molecule has 31 heavy (non-hydrogen) atoms. The molecule has 0 bridgehead atoms. The van der Waals surface area contributed by atoms with Crippen molar-refractivity contribution < 1.29 is 23.9 Å². The molecule has 1 saturated heterocycles. The molecule has 1 aliphatic rings. The van der Waals surface area contributed by atoms with E-state index in [1.165, 1.54) is 23.8 Å². The SMILES string of the molecule is COC(=O)c1ccccc1SC1CC(=O)N(c2ccc(Oc3ccccc3)cc2)C1=O. The molecule has 0 spiro atoms. The average molecular weight is 433 g/mol. The molecule has 7 heteroatoms. The molecule has 0 N–H and O–H groups in total. The van der Waals surface area contributed by atoms with E-state index in [1.807, 2.05) is 30.3 Å². The van der Waals surface area contributed by atoms with Gasteiger partial charge in [-0.05, 0) is 48.5 Å². The Bertz CT molecular complexity index is 1110. The highest BCUT2D eigenvalue weighted by Crippen LogP contribution is 2.36. The third-order valence-corrected chi connectivity index (χ3v) is 6.00. The minimum atomic E-state index is -0.612. The first kappa shape index (κ1) is 20.7. The van der Waals surface area contributed by atoms with E-state index in [0.717, 1.165) is 0 Å². The largest absolute Gasteiger partial charge is 0.465 e. The maximum atomic E-state index is 13.0. The molecule has 6 nitrogen and oxygen atoms in total. The molecule has 0 aromatic heterocycles. The third-order valence-electron chi connectivity index (χ3n) is 4.74. The second-order valence-corrected chi connectivity index (χ2v) is 8.02. The van der Waals surface area contributed by atoms with Gasteiger partial charge in [-0.25, -0.2) is 9.69 Å². The van der Waals surface area contributed by atoms with Gasteiger partial charge >= 0.3 is 5.97 Å². The first-order valence-electron chi connectivity index (χ1n) is 9.60. The van der Waals surface area contributed by atoms with Gasteiger partial charge in [0.15, 0.2) is 0 Å². The van der Waals surface area contributed by atoms with Crippen LogP contribution in [0.3, 0.4) is 0 Å². The lowest BCUT2D eigenvalue weighted by Crippen LogP contribution is -2.31. The van der Waals surface area contributed by atoms with Crippen LogP contribution in [0.5, 0.6) is 11.5 Å². The number of carbonyl (C=O) groups excluding carboxylic acids is 3. The molecule has 1 heterocycles. The Morgan fingerprint density at radius 2 is 1.55 bits per heavy atom. The number of hydrogen-bond donors (Lipinski definition) is 0. The Hall–Kier alpha value is -3.58.